The number of ether oxygens (including phenoxy) is 2. The van der Waals surface area contributed by atoms with Crippen LogP contribution in [-0.2, 0) is 16.0 Å². The fourth-order valence-corrected chi connectivity index (χ4v) is 2.59. The van der Waals surface area contributed by atoms with Crippen LogP contribution in [0.25, 0.3) is 0 Å². The zero-order chi connectivity index (χ0) is 19.1. The Morgan fingerprint density at radius 3 is 1.92 bits per heavy atom. The summed E-state index contributed by atoms with van der Waals surface area (Å²) < 4.78 is 10.2. The molecule has 0 heterocycles. The molecule has 138 valence electrons. The third kappa shape index (κ3) is 4.99. The molecule has 2 aromatic rings. The standard InChI is InChI=1S/C20H23NO5/c1-13(20(23)24)18(12-14-4-8-16(25-2)9-5-14)19(22)21-15-6-10-17(26-3)11-7-15/h4-11,13,18H,12H2,1-3H3,(H,21,22)(H,23,24)/t13-,18+/m0/s1. The average molecular weight is 357 g/mol. The van der Waals surface area contributed by atoms with Crippen LogP contribution in [0.15, 0.2) is 48.5 Å². The molecule has 0 saturated heterocycles. The second kappa shape index (κ2) is 8.89. The van der Waals surface area contributed by atoms with E-state index >= 15 is 0 Å². The first-order valence-electron chi connectivity index (χ1n) is 8.25. The van der Waals surface area contributed by atoms with Crippen LogP contribution in [0.1, 0.15) is 12.5 Å². The van der Waals surface area contributed by atoms with Crippen molar-refractivity contribution in [2.24, 2.45) is 11.8 Å². The lowest BCUT2D eigenvalue weighted by atomic mass is 9.87. The van der Waals surface area contributed by atoms with Crippen molar-refractivity contribution in [2.45, 2.75) is 13.3 Å². The number of benzene rings is 2. The number of nitrogens with one attached hydrogen (secondary N) is 1. The fraction of sp³-hybridized carbons (Fsp3) is 0.300. The summed E-state index contributed by atoms with van der Waals surface area (Å²) in [5.41, 5.74) is 1.46. The monoisotopic (exact) mass is 357 g/mol. The van der Waals surface area contributed by atoms with E-state index in [0.717, 1.165) is 5.56 Å². The Bertz CT molecular complexity index is 740. The molecule has 0 aliphatic rings. The molecular weight excluding hydrogens is 334 g/mol. The molecule has 0 radical (unpaired) electrons. The second-order valence-electron chi connectivity index (χ2n) is 6.00. The van der Waals surface area contributed by atoms with E-state index in [-0.39, 0.29) is 5.91 Å². The molecule has 0 aliphatic carbocycles. The summed E-state index contributed by atoms with van der Waals surface area (Å²) in [6.07, 6.45) is 0.319. The number of carbonyl (C=O) groups excluding carboxylic acids is 1. The van der Waals surface area contributed by atoms with Crippen LogP contribution < -0.4 is 14.8 Å². The highest BCUT2D eigenvalue weighted by atomic mass is 16.5. The van der Waals surface area contributed by atoms with Gasteiger partial charge in [-0.1, -0.05) is 19.1 Å². The van der Waals surface area contributed by atoms with E-state index in [2.05, 4.69) is 5.32 Å². The van der Waals surface area contributed by atoms with Crippen molar-refractivity contribution in [3.8, 4) is 11.5 Å². The minimum atomic E-state index is -1.01. The molecule has 26 heavy (non-hydrogen) atoms. The molecule has 0 bridgehead atoms. The van der Waals surface area contributed by atoms with Gasteiger partial charge in [0.05, 0.1) is 26.1 Å². The molecule has 2 rings (SSSR count). The summed E-state index contributed by atoms with van der Waals surface area (Å²) in [4.78, 5) is 24.2. The van der Waals surface area contributed by atoms with Crippen LogP contribution >= 0.6 is 0 Å². The fourth-order valence-electron chi connectivity index (χ4n) is 2.59. The first-order chi connectivity index (χ1) is 12.4. The lowest BCUT2D eigenvalue weighted by Crippen LogP contribution is -2.33. The van der Waals surface area contributed by atoms with E-state index in [9.17, 15) is 14.7 Å². The van der Waals surface area contributed by atoms with E-state index in [1.165, 1.54) is 0 Å². The Labute approximate surface area is 152 Å². The zero-order valence-electron chi connectivity index (χ0n) is 15.1. The van der Waals surface area contributed by atoms with Gasteiger partial charge in [0.25, 0.3) is 0 Å². The van der Waals surface area contributed by atoms with Gasteiger partial charge in [0.2, 0.25) is 5.91 Å². The van der Waals surface area contributed by atoms with Crippen LogP contribution in [0.5, 0.6) is 11.5 Å². The van der Waals surface area contributed by atoms with Crippen molar-refractivity contribution in [1.82, 2.24) is 0 Å². The molecule has 2 N–H and O–H groups in total. The Morgan fingerprint density at radius 2 is 1.46 bits per heavy atom. The minimum Gasteiger partial charge on any atom is -0.497 e. The van der Waals surface area contributed by atoms with Crippen molar-refractivity contribution in [1.29, 1.82) is 0 Å². The highest BCUT2D eigenvalue weighted by Crippen LogP contribution is 2.23. The molecule has 0 fully saturated rings. The lowest BCUT2D eigenvalue weighted by Gasteiger charge is -2.21. The van der Waals surface area contributed by atoms with Gasteiger partial charge in [-0.2, -0.15) is 0 Å². The predicted octanol–water partition coefficient (Wildman–Crippen LogP) is 3.22. The van der Waals surface area contributed by atoms with Crippen molar-refractivity contribution in [3.63, 3.8) is 0 Å². The highest BCUT2D eigenvalue weighted by molar-refractivity contribution is 5.95. The van der Waals surface area contributed by atoms with Crippen LogP contribution in [0, 0.1) is 11.8 Å². The summed E-state index contributed by atoms with van der Waals surface area (Å²) in [6, 6.07) is 14.1. The quantitative estimate of drug-likeness (QED) is 0.758. The van der Waals surface area contributed by atoms with E-state index in [1.54, 1.807) is 57.5 Å². The number of carboxylic acid groups (broad SMARTS) is 1. The third-order valence-corrected chi connectivity index (χ3v) is 4.30. The molecule has 0 aromatic heterocycles. The molecule has 1 amide bonds. The smallest absolute Gasteiger partial charge is 0.307 e. The third-order valence-electron chi connectivity index (χ3n) is 4.30. The number of aliphatic carboxylic acids is 1. The van der Waals surface area contributed by atoms with Gasteiger partial charge < -0.3 is 19.9 Å². The lowest BCUT2D eigenvalue weighted by molar-refractivity contribution is -0.145. The molecule has 2 atom stereocenters. The van der Waals surface area contributed by atoms with Gasteiger partial charge in [-0.05, 0) is 48.4 Å². The summed E-state index contributed by atoms with van der Waals surface area (Å²) in [7, 11) is 3.14. The van der Waals surface area contributed by atoms with Crippen LogP contribution in [0.4, 0.5) is 5.69 Å². The average Bonchev–Trinajstić information content (AvgIpc) is 2.66. The maximum Gasteiger partial charge on any atom is 0.307 e. The van der Waals surface area contributed by atoms with Crippen molar-refractivity contribution in [3.05, 3.63) is 54.1 Å². The van der Waals surface area contributed by atoms with Crippen molar-refractivity contribution in [2.75, 3.05) is 19.5 Å². The molecule has 0 saturated carbocycles. The summed E-state index contributed by atoms with van der Waals surface area (Å²) in [6.45, 7) is 1.55. The van der Waals surface area contributed by atoms with Crippen LogP contribution in [0.3, 0.4) is 0 Å². The Kier molecular flexibility index (Phi) is 6.60. The van der Waals surface area contributed by atoms with Crippen LogP contribution in [0.2, 0.25) is 0 Å². The van der Waals surface area contributed by atoms with Gasteiger partial charge in [-0.3, -0.25) is 9.59 Å². The number of amides is 1. The number of rotatable bonds is 8. The Morgan fingerprint density at radius 1 is 0.962 bits per heavy atom. The molecular formula is C20H23NO5. The zero-order valence-corrected chi connectivity index (χ0v) is 15.1. The number of methoxy groups -OCH3 is 2. The van der Waals surface area contributed by atoms with Gasteiger partial charge >= 0.3 is 5.97 Å². The van der Waals surface area contributed by atoms with Gasteiger partial charge in [0.1, 0.15) is 11.5 Å². The molecule has 6 nitrogen and oxygen atoms in total. The number of anilines is 1. The summed E-state index contributed by atoms with van der Waals surface area (Å²) in [5, 5.41) is 12.2. The number of hydrogen-bond donors (Lipinski definition) is 2. The predicted molar refractivity (Wildman–Crippen MR) is 98.6 cm³/mol. The maximum atomic E-state index is 12.7. The topological polar surface area (TPSA) is 84.9 Å². The van der Waals surface area contributed by atoms with Gasteiger partial charge in [0, 0.05) is 5.69 Å². The molecule has 0 unspecified atom stereocenters. The Balaban J connectivity index is 2.16. The molecule has 2 aromatic carbocycles. The van der Waals surface area contributed by atoms with E-state index < -0.39 is 17.8 Å². The SMILES string of the molecule is COc1ccc(C[C@@H](C(=O)Nc2ccc(OC)cc2)[C@H](C)C(=O)O)cc1. The summed E-state index contributed by atoms with van der Waals surface area (Å²) >= 11 is 0. The van der Waals surface area contributed by atoms with E-state index in [4.69, 9.17) is 9.47 Å². The highest BCUT2D eigenvalue weighted by Gasteiger charge is 2.30. The normalized spacial score (nSPS) is 12.7. The van der Waals surface area contributed by atoms with Crippen LogP contribution in [-0.4, -0.2) is 31.2 Å². The van der Waals surface area contributed by atoms with Gasteiger partial charge in [0.15, 0.2) is 0 Å². The van der Waals surface area contributed by atoms with Crippen molar-refractivity contribution >= 4 is 17.6 Å². The molecule has 0 aliphatic heterocycles. The summed E-state index contributed by atoms with van der Waals surface area (Å²) in [5.74, 6) is -1.48. The number of carboxylic acids is 1. The first kappa shape index (κ1) is 19.3. The van der Waals surface area contributed by atoms with E-state index in [1.807, 2.05) is 12.1 Å². The number of carbonyl (C=O) groups is 2. The second-order valence-corrected chi connectivity index (χ2v) is 6.00. The number of hydrogen-bond acceptors (Lipinski definition) is 4. The van der Waals surface area contributed by atoms with Gasteiger partial charge in [-0.15, -0.1) is 0 Å². The van der Waals surface area contributed by atoms with Gasteiger partial charge in [-0.25, -0.2) is 0 Å². The van der Waals surface area contributed by atoms with E-state index in [0.29, 0.717) is 23.6 Å². The largest absolute Gasteiger partial charge is 0.497 e. The van der Waals surface area contributed by atoms with Crippen molar-refractivity contribution < 1.29 is 24.2 Å². The Hall–Kier alpha value is -3.02. The minimum absolute atomic E-state index is 0.319. The first-order valence-corrected chi connectivity index (χ1v) is 8.25. The molecule has 6 heteroatoms. The molecule has 0 spiro atoms. The maximum absolute atomic E-state index is 12.7.